The summed E-state index contributed by atoms with van der Waals surface area (Å²) in [5.74, 6) is 0.969. The van der Waals surface area contributed by atoms with Crippen LogP contribution < -0.4 is 19.7 Å². The van der Waals surface area contributed by atoms with Crippen LogP contribution in [0, 0.1) is 0 Å². The van der Waals surface area contributed by atoms with E-state index in [-0.39, 0.29) is 23.2 Å². The first-order valence-electron chi connectivity index (χ1n) is 9.13. The molecule has 0 saturated carbocycles. The molecular weight excluding hydrogens is 396 g/mol. The number of amides is 1. The Hall–Kier alpha value is -2.62. The zero-order chi connectivity index (χ0) is 20.8. The maximum atomic E-state index is 12.2. The number of nitrogens with one attached hydrogen (secondary N) is 1. The summed E-state index contributed by atoms with van der Waals surface area (Å²) in [4.78, 5) is 12.9. The van der Waals surface area contributed by atoms with Gasteiger partial charge < -0.3 is 19.3 Å². The monoisotopic (exact) mass is 420 g/mol. The van der Waals surface area contributed by atoms with Crippen molar-refractivity contribution in [2.24, 2.45) is 0 Å². The highest BCUT2D eigenvalue weighted by Gasteiger charge is 2.26. The number of ether oxygens (including phenoxy) is 3. The van der Waals surface area contributed by atoms with E-state index >= 15 is 0 Å². The second-order valence-corrected chi connectivity index (χ2v) is 7.59. The number of methoxy groups -OCH3 is 2. The molecular formula is C20H24N2O6S. The third kappa shape index (κ3) is 5.06. The lowest BCUT2D eigenvalue weighted by molar-refractivity contribution is 0.0698. The van der Waals surface area contributed by atoms with Crippen molar-refractivity contribution in [3.63, 3.8) is 0 Å². The van der Waals surface area contributed by atoms with Crippen LogP contribution in [0.2, 0.25) is 0 Å². The third-order valence-corrected chi connectivity index (χ3v) is 5.76. The molecule has 1 aliphatic heterocycles. The molecule has 1 amide bonds. The van der Waals surface area contributed by atoms with Crippen molar-refractivity contribution in [2.75, 3.05) is 27.3 Å². The quantitative estimate of drug-likeness (QED) is 0.357. The Balaban J connectivity index is 1.66. The second-order valence-electron chi connectivity index (χ2n) is 6.45. The SMILES string of the molecule is COc1ccc(SN2CCC(Oc3ccc(O)cc3)CC2)c(C(=O)NO)c1OC. The average molecular weight is 420 g/mol. The third-order valence-electron chi connectivity index (χ3n) is 4.60. The summed E-state index contributed by atoms with van der Waals surface area (Å²) in [6.45, 7) is 1.53. The Kier molecular flexibility index (Phi) is 7.08. The Morgan fingerprint density at radius 2 is 1.79 bits per heavy atom. The highest BCUT2D eigenvalue weighted by molar-refractivity contribution is 7.97. The molecule has 0 unspecified atom stereocenters. The molecule has 1 heterocycles. The van der Waals surface area contributed by atoms with Crippen molar-refractivity contribution in [2.45, 2.75) is 23.8 Å². The number of hydroxylamine groups is 1. The number of carbonyl (C=O) groups is 1. The summed E-state index contributed by atoms with van der Waals surface area (Å²) in [6.07, 6.45) is 1.73. The molecule has 9 heteroatoms. The van der Waals surface area contributed by atoms with Crippen molar-refractivity contribution in [3.8, 4) is 23.0 Å². The first kappa shape index (κ1) is 21.1. The molecule has 1 aliphatic rings. The molecule has 3 rings (SSSR count). The van der Waals surface area contributed by atoms with Gasteiger partial charge in [0.05, 0.1) is 14.2 Å². The number of benzene rings is 2. The van der Waals surface area contributed by atoms with Gasteiger partial charge in [0.2, 0.25) is 0 Å². The standard InChI is InChI=1S/C20H24N2O6S/c1-26-16-7-8-17(18(19(16)27-2)20(24)21-25)29-22-11-9-15(10-12-22)28-14-5-3-13(23)4-6-14/h3-8,15,23,25H,9-12H2,1-2H3,(H,21,24). The van der Waals surface area contributed by atoms with Gasteiger partial charge in [0.25, 0.3) is 5.91 Å². The number of carbonyl (C=O) groups excluding carboxylic acids is 1. The Morgan fingerprint density at radius 3 is 2.38 bits per heavy atom. The summed E-state index contributed by atoms with van der Waals surface area (Å²) in [5, 5.41) is 18.5. The van der Waals surface area contributed by atoms with Crippen LogP contribution in [0.5, 0.6) is 23.0 Å². The maximum Gasteiger partial charge on any atom is 0.279 e. The van der Waals surface area contributed by atoms with Gasteiger partial charge in [-0.3, -0.25) is 10.0 Å². The fourth-order valence-corrected chi connectivity index (χ4v) is 4.23. The van der Waals surface area contributed by atoms with E-state index in [1.807, 2.05) is 0 Å². The number of phenols is 1. The van der Waals surface area contributed by atoms with Gasteiger partial charge in [0, 0.05) is 18.0 Å². The van der Waals surface area contributed by atoms with E-state index in [0.717, 1.165) is 31.7 Å². The number of rotatable bonds is 7. The topological polar surface area (TPSA) is 100 Å². The summed E-state index contributed by atoms with van der Waals surface area (Å²) < 4.78 is 18.7. The van der Waals surface area contributed by atoms with Crippen LogP contribution in [0.3, 0.4) is 0 Å². The van der Waals surface area contributed by atoms with Crippen LogP contribution in [0.15, 0.2) is 41.3 Å². The zero-order valence-electron chi connectivity index (χ0n) is 16.3. The van der Waals surface area contributed by atoms with Crippen molar-refractivity contribution >= 4 is 17.9 Å². The van der Waals surface area contributed by atoms with E-state index in [9.17, 15) is 9.90 Å². The van der Waals surface area contributed by atoms with E-state index in [2.05, 4.69) is 4.31 Å². The maximum absolute atomic E-state index is 12.2. The predicted molar refractivity (Wildman–Crippen MR) is 108 cm³/mol. The minimum absolute atomic E-state index is 0.0852. The number of nitrogens with zero attached hydrogens (tertiary/aromatic N) is 1. The number of piperidine rings is 1. The highest BCUT2D eigenvalue weighted by Crippen LogP contribution is 2.39. The molecule has 0 spiro atoms. The number of hydrogen-bond donors (Lipinski definition) is 3. The minimum Gasteiger partial charge on any atom is -0.508 e. The van der Waals surface area contributed by atoms with Crippen molar-refractivity contribution < 1.29 is 29.3 Å². The fourth-order valence-electron chi connectivity index (χ4n) is 3.15. The number of aromatic hydroxyl groups is 1. The van der Waals surface area contributed by atoms with Crippen LogP contribution in [0.25, 0.3) is 0 Å². The van der Waals surface area contributed by atoms with E-state index in [1.54, 1.807) is 41.9 Å². The first-order valence-corrected chi connectivity index (χ1v) is 9.91. The summed E-state index contributed by atoms with van der Waals surface area (Å²) in [6, 6.07) is 10.2. The molecule has 1 fully saturated rings. The Labute approximate surface area is 173 Å². The molecule has 2 aromatic carbocycles. The van der Waals surface area contributed by atoms with E-state index < -0.39 is 5.91 Å². The minimum atomic E-state index is -0.659. The van der Waals surface area contributed by atoms with Crippen molar-refractivity contribution in [3.05, 3.63) is 42.0 Å². The first-order chi connectivity index (χ1) is 14.0. The molecule has 3 N–H and O–H groups in total. The molecule has 1 saturated heterocycles. The van der Waals surface area contributed by atoms with Crippen LogP contribution in [-0.4, -0.2) is 53.9 Å². The molecule has 156 valence electrons. The van der Waals surface area contributed by atoms with Gasteiger partial charge in [-0.25, -0.2) is 9.79 Å². The van der Waals surface area contributed by atoms with Crippen LogP contribution in [0.1, 0.15) is 23.2 Å². The van der Waals surface area contributed by atoms with Crippen molar-refractivity contribution in [1.82, 2.24) is 9.79 Å². The highest BCUT2D eigenvalue weighted by atomic mass is 32.2. The largest absolute Gasteiger partial charge is 0.508 e. The molecule has 0 radical (unpaired) electrons. The summed E-state index contributed by atoms with van der Waals surface area (Å²) in [5.41, 5.74) is 1.90. The van der Waals surface area contributed by atoms with Crippen LogP contribution in [0.4, 0.5) is 0 Å². The zero-order valence-corrected chi connectivity index (χ0v) is 17.1. The van der Waals surface area contributed by atoms with Gasteiger partial charge in [0.15, 0.2) is 11.5 Å². The summed E-state index contributed by atoms with van der Waals surface area (Å²) >= 11 is 1.43. The van der Waals surface area contributed by atoms with E-state index in [1.165, 1.54) is 26.2 Å². The predicted octanol–water partition coefficient (Wildman–Crippen LogP) is 3.08. The molecule has 0 aliphatic carbocycles. The molecule has 29 heavy (non-hydrogen) atoms. The second kappa shape index (κ2) is 9.73. The van der Waals surface area contributed by atoms with Crippen molar-refractivity contribution in [1.29, 1.82) is 0 Å². The van der Waals surface area contributed by atoms with Gasteiger partial charge >= 0.3 is 0 Å². The normalized spacial score (nSPS) is 15.0. The van der Waals surface area contributed by atoms with Gasteiger partial charge in [-0.05, 0) is 61.2 Å². The Morgan fingerprint density at radius 1 is 1.10 bits per heavy atom. The molecule has 0 atom stereocenters. The Bertz CT molecular complexity index is 838. The number of hydrogen-bond acceptors (Lipinski definition) is 8. The fraction of sp³-hybridized carbons (Fsp3) is 0.350. The summed E-state index contributed by atoms with van der Waals surface area (Å²) in [7, 11) is 2.94. The van der Waals surface area contributed by atoms with E-state index in [0.29, 0.717) is 10.6 Å². The molecule has 8 nitrogen and oxygen atoms in total. The van der Waals surface area contributed by atoms with Gasteiger partial charge in [-0.1, -0.05) is 0 Å². The molecule has 2 aromatic rings. The van der Waals surface area contributed by atoms with Gasteiger partial charge in [-0.15, -0.1) is 0 Å². The van der Waals surface area contributed by atoms with Crippen LogP contribution >= 0.6 is 11.9 Å². The smallest absolute Gasteiger partial charge is 0.279 e. The average Bonchev–Trinajstić information content (AvgIpc) is 2.75. The van der Waals surface area contributed by atoms with Gasteiger partial charge in [0.1, 0.15) is 23.2 Å². The lowest BCUT2D eigenvalue weighted by Gasteiger charge is -2.31. The molecule has 0 aromatic heterocycles. The van der Waals surface area contributed by atoms with E-state index in [4.69, 9.17) is 19.4 Å². The number of phenolic OH excluding ortho intramolecular Hbond substituents is 1. The lowest BCUT2D eigenvalue weighted by Crippen LogP contribution is -2.34. The van der Waals surface area contributed by atoms with Crippen LogP contribution in [-0.2, 0) is 0 Å². The van der Waals surface area contributed by atoms with Gasteiger partial charge in [-0.2, -0.15) is 0 Å². The lowest BCUT2D eigenvalue weighted by atomic mass is 10.1. The molecule has 0 bridgehead atoms.